The first-order valence-corrected chi connectivity index (χ1v) is 12.1. The summed E-state index contributed by atoms with van der Waals surface area (Å²) in [6, 6.07) is 11.8. The lowest BCUT2D eigenvalue weighted by atomic mass is 9.91. The molecule has 0 heterocycles. The Hall–Kier alpha value is -1.13. The van der Waals surface area contributed by atoms with E-state index < -0.39 is 13.7 Å². The van der Waals surface area contributed by atoms with Crippen LogP contribution in [0.25, 0.3) is 0 Å². The van der Waals surface area contributed by atoms with Gasteiger partial charge in [-0.2, -0.15) is 4.89 Å². The minimum Gasteiger partial charge on any atom is -0.298 e. The molecule has 0 aliphatic carbocycles. The van der Waals surface area contributed by atoms with Crippen LogP contribution in [0.1, 0.15) is 53.9 Å². The third-order valence-electron chi connectivity index (χ3n) is 4.35. The molecule has 1 aromatic rings. The molecule has 0 radical (unpaired) electrons. The summed E-state index contributed by atoms with van der Waals surface area (Å²) in [6.07, 6.45) is 2.06. The van der Waals surface area contributed by atoms with E-state index in [2.05, 4.69) is 64.2 Å². The van der Waals surface area contributed by atoms with E-state index in [9.17, 15) is 4.79 Å². The summed E-state index contributed by atoms with van der Waals surface area (Å²) in [5, 5.41) is 1.45. The van der Waals surface area contributed by atoms with Gasteiger partial charge in [-0.15, -0.1) is 0 Å². The molecule has 3 nitrogen and oxygen atoms in total. The van der Waals surface area contributed by atoms with Gasteiger partial charge in [0.2, 0.25) is 0 Å². The number of hydrogen-bond donors (Lipinski definition) is 0. The van der Waals surface area contributed by atoms with Crippen molar-refractivity contribution in [2.45, 2.75) is 78.6 Å². The lowest BCUT2D eigenvalue weighted by Gasteiger charge is -2.29. The van der Waals surface area contributed by atoms with Gasteiger partial charge < -0.3 is 0 Å². The van der Waals surface area contributed by atoms with Crippen molar-refractivity contribution in [2.75, 3.05) is 0 Å². The minimum atomic E-state index is -1.51. The zero-order chi connectivity index (χ0) is 18.4. The Morgan fingerprint density at radius 2 is 1.58 bits per heavy atom. The maximum atomic E-state index is 11.8. The minimum absolute atomic E-state index is 0.125. The summed E-state index contributed by atoms with van der Waals surface area (Å²) in [5.41, 5.74) is -0.337. The lowest BCUT2D eigenvalue weighted by Crippen LogP contribution is -2.43. The quantitative estimate of drug-likeness (QED) is 0.373. The topological polar surface area (TPSA) is 35.5 Å². The van der Waals surface area contributed by atoms with E-state index >= 15 is 0 Å². The van der Waals surface area contributed by atoms with Crippen LogP contribution in [-0.4, -0.2) is 19.6 Å². The molecule has 0 saturated heterocycles. The van der Waals surface area contributed by atoms with Gasteiger partial charge in [-0.3, -0.25) is 4.89 Å². The van der Waals surface area contributed by atoms with Crippen LogP contribution in [0.3, 0.4) is 0 Å². The highest BCUT2D eigenvalue weighted by atomic mass is 28.3. The molecule has 0 aliphatic heterocycles. The summed E-state index contributed by atoms with van der Waals surface area (Å²) in [7, 11) is -1.51. The first-order valence-electron chi connectivity index (χ1n) is 8.85. The largest absolute Gasteiger partial charge is 0.342 e. The number of carbonyl (C=O) groups excluding carboxylic acids is 1. The van der Waals surface area contributed by atoms with Crippen molar-refractivity contribution in [3.8, 4) is 0 Å². The molecule has 0 N–H and O–H groups in total. The molecule has 1 rings (SSSR count). The van der Waals surface area contributed by atoms with Crippen LogP contribution in [0.15, 0.2) is 30.3 Å². The van der Waals surface area contributed by atoms with Crippen molar-refractivity contribution in [3.05, 3.63) is 30.3 Å². The fraction of sp³-hybridized carbons (Fsp3) is 0.650. The Kier molecular flexibility index (Phi) is 7.23. The maximum absolute atomic E-state index is 11.8. The molecule has 24 heavy (non-hydrogen) atoms. The molecular weight excluding hydrogens is 316 g/mol. The second-order valence-electron chi connectivity index (χ2n) is 9.11. The van der Waals surface area contributed by atoms with Crippen LogP contribution in [0.5, 0.6) is 0 Å². The van der Waals surface area contributed by atoms with Gasteiger partial charge in [-0.1, -0.05) is 75.4 Å². The van der Waals surface area contributed by atoms with E-state index in [0.717, 1.165) is 18.9 Å². The molecule has 0 spiro atoms. The summed E-state index contributed by atoms with van der Waals surface area (Å²) in [4.78, 5) is 22.3. The van der Waals surface area contributed by atoms with Gasteiger partial charge in [-0.05, 0) is 32.1 Å². The third-order valence-corrected chi connectivity index (χ3v) is 7.74. The molecule has 0 aromatic heterocycles. The fourth-order valence-corrected chi connectivity index (χ4v) is 4.98. The summed E-state index contributed by atoms with van der Waals surface area (Å²) in [6.45, 7) is 15.0. The van der Waals surface area contributed by atoms with Gasteiger partial charge in [0.25, 0.3) is 0 Å². The molecule has 0 aliphatic rings. The lowest BCUT2D eigenvalue weighted by molar-refractivity contribution is -0.325. The Morgan fingerprint density at radius 1 is 1.00 bits per heavy atom. The van der Waals surface area contributed by atoms with Crippen LogP contribution < -0.4 is 5.19 Å². The Bertz CT molecular complexity index is 515. The van der Waals surface area contributed by atoms with Gasteiger partial charge in [0, 0.05) is 6.42 Å². The van der Waals surface area contributed by atoms with Crippen molar-refractivity contribution in [3.63, 3.8) is 0 Å². The predicted octanol–water partition coefficient (Wildman–Crippen LogP) is 5.07. The molecule has 0 saturated carbocycles. The standard InChI is InChI=1S/C20H34O3Si/c1-19(2,3)14-13-18(21)22-23-20(4,5)15-16-24(6,7)17-11-9-8-10-12-17/h8-12H,13-16H2,1-7H3. The summed E-state index contributed by atoms with van der Waals surface area (Å²) in [5.74, 6) is -0.280. The van der Waals surface area contributed by atoms with E-state index in [4.69, 9.17) is 9.78 Å². The molecule has 0 amide bonds. The van der Waals surface area contributed by atoms with E-state index in [0.29, 0.717) is 6.42 Å². The van der Waals surface area contributed by atoms with Crippen LogP contribution >= 0.6 is 0 Å². The number of benzene rings is 1. The van der Waals surface area contributed by atoms with Gasteiger partial charge in [0.1, 0.15) is 5.60 Å². The van der Waals surface area contributed by atoms with Crippen LogP contribution in [0, 0.1) is 5.41 Å². The maximum Gasteiger partial charge on any atom is 0.342 e. The highest BCUT2D eigenvalue weighted by molar-refractivity contribution is 6.89. The monoisotopic (exact) mass is 350 g/mol. The first-order chi connectivity index (χ1) is 10.9. The average Bonchev–Trinajstić information content (AvgIpc) is 2.50. The Morgan fingerprint density at radius 3 is 2.12 bits per heavy atom. The van der Waals surface area contributed by atoms with E-state index in [1.54, 1.807) is 0 Å². The highest BCUT2D eigenvalue weighted by Gasteiger charge is 2.29. The van der Waals surface area contributed by atoms with Crippen molar-refractivity contribution in [1.29, 1.82) is 0 Å². The van der Waals surface area contributed by atoms with Gasteiger partial charge in [0.05, 0.1) is 8.07 Å². The molecule has 0 bridgehead atoms. The van der Waals surface area contributed by atoms with Crippen molar-refractivity contribution < 1.29 is 14.6 Å². The van der Waals surface area contributed by atoms with Crippen molar-refractivity contribution in [1.82, 2.24) is 0 Å². The summed E-state index contributed by atoms with van der Waals surface area (Å²) < 4.78 is 0. The second kappa shape index (κ2) is 8.30. The summed E-state index contributed by atoms with van der Waals surface area (Å²) >= 11 is 0. The second-order valence-corrected chi connectivity index (χ2v) is 14.0. The van der Waals surface area contributed by atoms with Crippen LogP contribution in [0.2, 0.25) is 19.1 Å². The van der Waals surface area contributed by atoms with E-state index in [1.165, 1.54) is 5.19 Å². The average molecular weight is 351 g/mol. The number of carbonyl (C=O) groups is 1. The molecule has 4 heteroatoms. The smallest absolute Gasteiger partial charge is 0.298 e. The molecular formula is C20H34O3Si. The SMILES string of the molecule is CC(C)(C)CCC(=O)OOC(C)(C)CC[Si](C)(C)c1ccccc1. The molecule has 0 atom stereocenters. The van der Waals surface area contributed by atoms with Crippen molar-refractivity contribution >= 4 is 19.2 Å². The predicted molar refractivity (Wildman–Crippen MR) is 103 cm³/mol. The van der Waals surface area contributed by atoms with Crippen molar-refractivity contribution in [2.24, 2.45) is 5.41 Å². The zero-order valence-corrected chi connectivity index (χ0v) is 17.4. The zero-order valence-electron chi connectivity index (χ0n) is 16.4. The van der Waals surface area contributed by atoms with Gasteiger partial charge in [0.15, 0.2) is 0 Å². The number of rotatable bonds is 8. The van der Waals surface area contributed by atoms with Gasteiger partial charge >= 0.3 is 5.97 Å². The molecule has 0 fully saturated rings. The van der Waals surface area contributed by atoms with E-state index in [1.807, 2.05) is 13.8 Å². The third kappa shape index (κ3) is 8.11. The highest BCUT2D eigenvalue weighted by Crippen LogP contribution is 2.24. The normalized spacial score (nSPS) is 13.0. The molecule has 136 valence electrons. The van der Waals surface area contributed by atoms with Gasteiger partial charge in [-0.25, -0.2) is 4.79 Å². The van der Waals surface area contributed by atoms with Crippen LogP contribution in [-0.2, 0) is 14.6 Å². The molecule has 1 aromatic carbocycles. The molecule has 0 unspecified atom stereocenters. The Balaban J connectivity index is 2.45. The Labute approximate surface area is 148 Å². The van der Waals surface area contributed by atoms with E-state index in [-0.39, 0.29) is 11.4 Å². The number of hydrogen-bond acceptors (Lipinski definition) is 3. The first kappa shape index (κ1) is 20.9. The van der Waals surface area contributed by atoms with Crippen LogP contribution in [0.4, 0.5) is 0 Å². The fourth-order valence-electron chi connectivity index (χ4n) is 2.37.